The average molecular weight is 290 g/mol. The predicted molar refractivity (Wildman–Crippen MR) is 74.4 cm³/mol. The number of methoxy groups -OCH3 is 1. The van der Waals surface area contributed by atoms with E-state index in [0.717, 1.165) is 12.1 Å². The molecule has 1 amide bonds. The molecule has 4 nitrogen and oxygen atoms in total. The van der Waals surface area contributed by atoms with Crippen LogP contribution in [0.2, 0.25) is 0 Å². The number of halogens is 2. The molecule has 0 bridgehead atoms. The van der Waals surface area contributed by atoms with E-state index in [0.29, 0.717) is 16.9 Å². The molecule has 0 spiro atoms. The first kappa shape index (κ1) is 14.6. The summed E-state index contributed by atoms with van der Waals surface area (Å²) < 4.78 is 30.7. The Labute approximate surface area is 120 Å². The minimum atomic E-state index is -0.972. The largest absolute Gasteiger partial charge is 0.497 e. The van der Waals surface area contributed by atoms with E-state index in [2.05, 4.69) is 10.5 Å². The predicted octanol–water partition coefficient (Wildman–Crippen LogP) is 2.74. The Kier molecular flexibility index (Phi) is 4.61. The molecular formula is C15H12F2N2O2. The molecular weight excluding hydrogens is 278 g/mol. The third-order valence-corrected chi connectivity index (χ3v) is 2.68. The van der Waals surface area contributed by atoms with Gasteiger partial charge in [-0.25, -0.2) is 14.2 Å². The lowest BCUT2D eigenvalue weighted by Crippen LogP contribution is -2.17. The summed E-state index contributed by atoms with van der Waals surface area (Å²) in [6.07, 6.45) is 1.23. The van der Waals surface area contributed by atoms with Gasteiger partial charge in [-0.1, -0.05) is 6.07 Å². The Morgan fingerprint density at radius 1 is 1.14 bits per heavy atom. The van der Waals surface area contributed by atoms with Gasteiger partial charge in [0, 0.05) is 5.56 Å². The van der Waals surface area contributed by atoms with Crippen molar-refractivity contribution in [3.8, 4) is 5.75 Å². The Morgan fingerprint density at radius 3 is 2.48 bits per heavy atom. The third kappa shape index (κ3) is 3.85. The molecule has 0 aliphatic carbocycles. The van der Waals surface area contributed by atoms with E-state index in [-0.39, 0.29) is 0 Å². The van der Waals surface area contributed by atoms with Crippen LogP contribution in [-0.4, -0.2) is 19.2 Å². The number of amides is 1. The van der Waals surface area contributed by atoms with E-state index in [1.54, 1.807) is 24.3 Å². The highest BCUT2D eigenvalue weighted by Crippen LogP contribution is 2.11. The van der Waals surface area contributed by atoms with Gasteiger partial charge < -0.3 is 4.74 Å². The Hall–Kier alpha value is -2.76. The maximum Gasteiger partial charge on any atom is 0.271 e. The first-order chi connectivity index (χ1) is 10.1. The third-order valence-electron chi connectivity index (χ3n) is 2.68. The first-order valence-corrected chi connectivity index (χ1v) is 6.02. The second kappa shape index (κ2) is 6.60. The maximum absolute atomic E-state index is 13.0. The van der Waals surface area contributed by atoms with Crippen molar-refractivity contribution < 1.29 is 18.3 Å². The maximum atomic E-state index is 13.0. The quantitative estimate of drug-likeness (QED) is 0.695. The summed E-state index contributed by atoms with van der Waals surface area (Å²) in [5.74, 6) is -1.69. The molecule has 0 aliphatic rings. The molecule has 0 unspecified atom stereocenters. The monoisotopic (exact) mass is 290 g/mol. The second-order valence-corrected chi connectivity index (χ2v) is 4.10. The van der Waals surface area contributed by atoms with Crippen molar-refractivity contribution in [2.75, 3.05) is 7.11 Å². The zero-order valence-electron chi connectivity index (χ0n) is 11.1. The van der Waals surface area contributed by atoms with Crippen molar-refractivity contribution in [1.82, 2.24) is 5.43 Å². The summed E-state index contributed by atoms with van der Waals surface area (Å²) in [6.45, 7) is 0. The van der Waals surface area contributed by atoms with Crippen molar-refractivity contribution in [1.29, 1.82) is 0 Å². The van der Waals surface area contributed by atoms with Gasteiger partial charge in [0.1, 0.15) is 5.75 Å². The molecule has 0 aromatic heterocycles. The van der Waals surface area contributed by atoms with Crippen molar-refractivity contribution in [3.05, 3.63) is 65.2 Å². The van der Waals surface area contributed by atoms with Gasteiger partial charge in [-0.2, -0.15) is 5.10 Å². The summed E-state index contributed by atoms with van der Waals surface area (Å²) in [5, 5.41) is 3.69. The number of nitrogens with one attached hydrogen (secondary N) is 1. The van der Waals surface area contributed by atoms with Crippen LogP contribution in [0.1, 0.15) is 15.9 Å². The van der Waals surface area contributed by atoms with Crippen molar-refractivity contribution >= 4 is 12.1 Å². The minimum Gasteiger partial charge on any atom is -0.497 e. The van der Waals surface area contributed by atoms with Gasteiger partial charge in [0.25, 0.3) is 5.91 Å². The molecule has 0 atom stereocenters. The summed E-state index contributed by atoms with van der Waals surface area (Å²) >= 11 is 0. The summed E-state index contributed by atoms with van der Waals surface area (Å²) in [7, 11) is 1.53. The Balaban J connectivity index is 1.99. The number of hydrogen-bond acceptors (Lipinski definition) is 3. The zero-order chi connectivity index (χ0) is 15.2. The second-order valence-electron chi connectivity index (χ2n) is 4.10. The number of carbonyl (C=O) groups is 1. The fraction of sp³-hybridized carbons (Fsp3) is 0.0667. The molecule has 108 valence electrons. The fourth-order valence-corrected chi connectivity index (χ4v) is 1.57. The smallest absolute Gasteiger partial charge is 0.271 e. The molecule has 1 N–H and O–H groups in total. The van der Waals surface area contributed by atoms with Gasteiger partial charge in [-0.3, -0.25) is 4.79 Å². The lowest BCUT2D eigenvalue weighted by molar-refractivity contribution is 0.0955. The van der Waals surface area contributed by atoms with Gasteiger partial charge in [-0.15, -0.1) is 0 Å². The normalized spacial score (nSPS) is 10.6. The van der Waals surface area contributed by atoms with Crippen LogP contribution in [-0.2, 0) is 0 Å². The zero-order valence-corrected chi connectivity index (χ0v) is 11.1. The highest BCUT2D eigenvalue weighted by Gasteiger charge is 2.04. The van der Waals surface area contributed by atoms with E-state index < -0.39 is 17.5 Å². The van der Waals surface area contributed by atoms with E-state index in [1.165, 1.54) is 19.4 Å². The standard InChI is InChI=1S/C15H12F2N2O2/c1-21-12-5-3-11(4-6-12)15(20)19-18-9-10-2-7-13(16)14(17)8-10/h2-9H,1H3,(H,19,20)/b18-9-. The number of hydrazone groups is 1. The van der Waals surface area contributed by atoms with Crippen molar-refractivity contribution in [3.63, 3.8) is 0 Å². The number of nitrogens with zero attached hydrogens (tertiary/aromatic N) is 1. The van der Waals surface area contributed by atoms with Crippen LogP contribution in [0.3, 0.4) is 0 Å². The van der Waals surface area contributed by atoms with Gasteiger partial charge in [-0.05, 0) is 42.0 Å². The number of carbonyl (C=O) groups excluding carboxylic acids is 1. The fourth-order valence-electron chi connectivity index (χ4n) is 1.57. The van der Waals surface area contributed by atoms with Gasteiger partial charge >= 0.3 is 0 Å². The van der Waals surface area contributed by atoms with Crippen LogP contribution in [0.25, 0.3) is 0 Å². The van der Waals surface area contributed by atoms with Gasteiger partial charge in [0.05, 0.1) is 13.3 Å². The molecule has 0 heterocycles. The number of ether oxygens (including phenoxy) is 1. The van der Waals surface area contributed by atoms with Crippen molar-refractivity contribution in [2.45, 2.75) is 0 Å². The Morgan fingerprint density at radius 2 is 1.86 bits per heavy atom. The molecule has 21 heavy (non-hydrogen) atoms. The molecule has 0 aliphatic heterocycles. The van der Waals surface area contributed by atoms with E-state index in [1.807, 2.05) is 0 Å². The first-order valence-electron chi connectivity index (χ1n) is 6.02. The van der Waals surface area contributed by atoms with Crippen LogP contribution in [0.4, 0.5) is 8.78 Å². The van der Waals surface area contributed by atoms with E-state index in [4.69, 9.17) is 4.74 Å². The molecule has 0 radical (unpaired) electrons. The Bertz CT molecular complexity index is 670. The van der Waals surface area contributed by atoms with Crippen molar-refractivity contribution in [2.24, 2.45) is 5.10 Å². The SMILES string of the molecule is COc1ccc(C(=O)N/N=C\c2ccc(F)c(F)c2)cc1. The molecule has 2 aromatic carbocycles. The highest BCUT2D eigenvalue weighted by atomic mass is 19.2. The lowest BCUT2D eigenvalue weighted by Gasteiger charge is -2.02. The van der Waals surface area contributed by atoms with Crippen LogP contribution < -0.4 is 10.2 Å². The molecule has 6 heteroatoms. The summed E-state index contributed by atoms with van der Waals surface area (Å²) in [4.78, 5) is 11.8. The molecule has 0 saturated heterocycles. The molecule has 2 aromatic rings. The number of hydrogen-bond donors (Lipinski definition) is 1. The van der Waals surface area contributed by atoms with Gasteiger partial charge in [0.15, 0.2) is 11.6 Å². The van der Waals surface area contributed by atoms with Crippen LogP contribution in [0.15, 0.2) is 47.6 Å². The minimum absolute atomic E-state index is 0.337. The van der Waals surface area contributed by atoms with E-state index >= 15 is 0 Å². The highest BCUT2D eigenvalue weighted by molar-refractivity contribution is 5.94. The lowest BCUT2D eigenvalue weighted by atomic mass is 10.2. The van der Waals surface area contributed by atoms with Crippen LogP contribution in [0, 0.1) is 11.6 Å². The average Bonchev–Trinajstić information content (AvgIpc) is 2.51. The number of rotatable bonds is 4. The van der Waals surface area contributed by atoms with Crippen LogP contribution in [0.5, 0.6) is 5.75 Å². The number of benzene rings is 2. The molecule has 2 rings (SSSR count). The van der Waals surface area contributed by atoms with Crippen LogP contribution >= 0.6 is 0 Å². The molecule has 0 saturated carbocycles. The summed E-state index contributed by atoms with van der Waals surface area (Å²) in [6, 6.07) is 9.78. The topological polar surface area (TPSA) is 50.7 Å². The molecule has 0 fully saturated rings. The van der Waals surface area contributed by atoms with E-state index in [9.17, 15) is 13.6 Å². The van der Waals surface area contributed by atoms with Gasteiger partial charge in [0.2, 0.25) is 0 Å². The summed E-state index contributed by atoms with van der Waals surface area (Å²) in [5.41, 5.74) is 3.03.